The molecule has 3 N–H and O–H groups in total. The van der Waals surface area contributed by atoms with E-state index in [9.17, 15) is 19.8 Å². The van der Waals surface area contributed by atoms with Gasteiger partial charge in [0.2, 0.25) is 0 Å². The average molecular weight is 713 g/mol. The Balaban J connectivity index is 1.07. The molecule has 3 heterocycles. The lowest BCUT2D eigenvalue weighted by molar-refractivity contribution is -0.268. The molecule has 1 saturated heterocycles. The van der Waals surface area contributed by atoms with E-state index in [4.69, 9.17) is 9.47 Å². The second-order valence-corrected chi connectivity index (χ2v) is 13.6. The van der Waals surface area contributed by atoms with Crippen molar-refractivity contribution in [3.8, 4) is 11.1 Å². The molecule has 1 aliphatic rings. The minimum Gasteiger partial charge on any atom is -0.478 e. The highest BCUT2D eigenvalue weighted by Crippen LogP contribution is 2.43. The van der Waals surface area contributed by atoms with Gasteiger partial charge in [-0.15, -0.1) is 11.8 Å². The van der Waals surface area contributed by atoms with Crippen LogP contribution in [0.5, 0.6) is 0 Å². The number of fused-ring (bicyclic) bond motifs is 1. The normalized spacial score (nSPS) is 18.6. The first-order valence-corrected chi connectivity index (χ1v) is 17.9. The van der Waals surface area contributed by atoms with Gasteiger partial charge in [-0.25, -0.2) is 14.8 Å². The average Bonchev–Trinajstić information content (AvgIpc) is 3.19. The van der Waals surface area contributed by atoms with Crippen LogP contribution in [0, 0.1) is 5.92 Å². The van der Waals surface area contributed by atoms with Gasteiger partial charge in [-0.2, -0.15) is 0 Å². The molecule has 2 aromatic heterocycles. The minimum atomic E-state index is -1.03. The van der Waals surface area contributed by atoms with Crippen molar-refractivity contribution in [2.75, 3.05) is 5.75 Å². The van der Waals surface area contributed by atoms with Gasteiger partial charge in [0.1, 0.15) is 10.7 Å². The Labute approximate surface area is 304 Å². The maximum Gasteiger partial charge on any atom is 0.338 e. The first-order valence-electron chi connectivity index (χ1n) is 16.9. The van der Waals surface area contributed by atoms with E-state index in [1.807, 2.05) is 97.1 Å². The molecule has 0 unspecified atom stereocenters. The number of para-hydroxylation sites is 2. The molecule has 7 rings (SSSR count). The Bertz CT molecular complexity index is 2200. The summed E-state index contributed by atoms with van der Waals surface area (Å²) in [6.45, 7) is 2.34. The third-order valence-corrected chi connectivity index (χ3v) is 10.2. The zero-order valence-electron chi connectivity index (χ0n) is 28.3. The Morgan fingerprint density at radius 2 is 1.58 bits per heavy atom. The monoisotopic (exact) mass is 712 g/mol. The van der Waals surface area contributed by atoms with Crippen LogP contribution in [0.4, 0.5) is 0 Å². The molecule has 1 fully saturated rings. The van der Waals surface area contributed by atoms with E-state index in [0.29, 0.717) is 22.8 Å². The molecule has 11 heteroatoms. The third-order valence-electron chi connectivity index (χ3n) is 9.09. The molecule has 0 spiro atoms. The van der Waals surface area contributed by atoms with Crippen LogP contribution >= 0.6 is 11.8 Å². The summed E-state index contributed by atoms with van der Waals surface area (Å²) in [6.07, 6.45) is 1.79. The number of carboxylic acids is 1. The largest absolute Gasteiger partial charge is 0.478 e. The Hall–Kier alpha value is -5.46. The molecular formula is C41H36N4O6S. The summed E-state index contributed by atoms with van der Waals surface area (Å²) in [5.41, 5.74) is 7.34. The number of aromatic nitrogens is 3. The fourth-order valence-corrected chi connectivity index (χ4v) is 7.32. The predicted molar refractivity (Wildman–Crippen MR) is 197 cm³/mol. The topological polar surface area (TPSA) is 144 Å². The molecule has 1 aliphatic heterocycles. The molecule has 52 heavy (non-hydrogen) atoms. The van der Waals surface area contributed by atoms with Gasteiger partial charge < -0.3 is 25.0 Å². The summed E-state index contributed by atoms with van der Waals surface area (Å²) in [4.78, 5) is 37.8. The Kier molecular flexibility index (Phi) is 10.6. The summed E-state index contributed by atoms with van der Waals surface area (Å²) in [6, 6.07) is 34.3. The number of pyridine rings is 1. The van der Waals surface area contributed by atoms with Crippen LogP contribution in [0.25, 0.3) is 22.2 Å². The Morgan fingerprint density at radius 1 is 0.808 bits per heavy atom. The van der Waals surface area contributed by atoms with Crippen LogP contribution in [0.2, 0.25) is 0 Å². The van der Waals surface area contributed by atoms with Crippen LogP contribution < -0.4 is 5.32 Å². The van der Waals surface area contributed by atoms with E-state index in [2.05, 4.69) is 27.2 Å². The number of carboxylic acid groups (broad SMARTS) is 1. The van der Waals surface area contributed by atoms with Crippen molar-refractivity contribution in [2.45, 2.75) is 43.6 Å². The van der Waals surface area contributed by atoms with Gasteiger partial charge in [-0.1, -0.05) is 85.8 Å². The summed E-state index contributed by atoms with van der Waals surface area (Å²) in [5.74, 6) is -0.922. The molecule has 6 aromatic rings. The third kappa shape index (κ3) is 7.88. The van der Waals surface area contributed by atoms with Crippen molar-refractivity contribution in [3.05, 3.63) is 155 Å². The van der Waals surface area contributed by atoms with Crippen LogP contribution in [-0.4, -0.2) is 48.9 Å². The Morgan fingerprint density at radius 3 is 2.35 bits per heavy atom. The molecule has 262 valence electrons. The number of nitrogens with one attached hydrogen (secondary N) is 1. The van der Waals surface area contributed by atoms with E-state index in [1.54, 1.807) is 18.3 Å². The van der Waals surface area contributed by atoms with Gasteiger partial charge in [-0.3, -0.25) is 9.78 Å². The highest BCUT2D eigenvalue weighted by atomic mass is 32.2. The quantitative estimate of drug-likeness (QED) is 0.116. The number of nitrogens with zero attached hydrogens (tertiary/aromatic N) is 3. The first-order chi connectivity index (χ1) is 25.4. The van der Waals surface area contributed by atoms with Crippen molar-refractivity contribution in [1.29, 1.82) is 0 Å². The fourth-order valence-electron chi connectivity index (χ4n) is 6.17. The van der Waals surface area contributed by atoms with Gasteiger partial charge in [0, 0.05) is 30.0 Å². The number of aromatic carboxylic acids is 1. The molecule has 0 radical (unpaired) electrons. The number of hydrogen-bond donors (Lipinski definition) is 3. The first kappa shape index (κ1) is 35.0. The summed E-state index contributed by atoms with van der Waals surface area (Å²) in [5, 5.41) is 22.6. The van der Waals surface area contributed by atoms with E-state index >= 15 is 0 Å². The van der Waals surface area contributed by atoms with Gasteiger partial charge in [-0.05, 0) is 58.1 Å². The second-order valence-electron chi connectivity index (χ2n) is 12.5. The maximum absolute atomic E-state index is 12.9. The van der Waals surface area contributed by atoms with Crippen LogP contribution in [0.15, 0.2) is 127 Å². The van der Waals surface area contributed by atoms with Gasteiger partial charge in [0.15, 0.2) is 6.29 Å². The molecule has 0 aliphatic carbocycles. The van der Waals surface area contributed by atoms with E-state index in [-0.39, 0.29) is 41.9 Å². The van der Waals surface area contributed by atoms with E-state index < -0.39 is 12.3 Å². The SMILES string of the molecule is C[C@@H]1[C@H](CSc2ncccc2C(=O)O)O[C@H](c2ccc(-c3cccc(CNC(=O)c4cnc5ccccc5n4)c3)cc2)O[C@@H]1c1ccc(CO)cc1. The molecule has 1 amide bonds. The number of hydrogen-bond acceptors (Lipinski definition) is 9. The minimum absolute atomic E-state index is 0.0489. The highest BCUT2D eigenvalue weighted by molar-refractivity contribution is 7.99. The smallest absolute Gasteiger partial charge is 0.338 e. The number of ether oxygens (including phenoxy) is 2. The molecule has 4 atom stereocenters. The zero-order chi connectivity index (χ0) is 36.0. The van der Waals surface area contributed by atoms with Gasteiger partial charge in [0.05, 0.1) is 41.6 Å². The number of aliphatic hydroxyl groups excluding tert-OH is 1. The zero-order valence-corrected chi connectivity index (χ0v) is 29.1. The standard InChI is InChI=1S/C41H36N4O6S/c1-25-36(24-52-39-32(40(48)49)8-5-19-42-39)50-41(51-37(25)29-13-11-26(23-46)12-14-29)30-17-15-28(16-18-30)31-7-4-6-27(20-31)21-44-38(47)35-22-43-33-9-2-3-10-34(33)45-35/h2-20,22,25,36-37,41,46H,21,23-24H2,1H3,(H,44,47)(H,48,49)/t25-,36+,37+,41+/m1/s1. The van der Waals surface area contributed by atoms with Crippen molar-refractivity contribution >= 4 is 34.7 Å². The molecule has 0 bridgehead atoms. The van der Waals surface area contributed by atoms with Gasteiger partial charge >= 0.3 is 5.97 Å². The molecule has 0 saturated carbocycles. The number of amides is 1. The lowest BCUT2D eigenvalue weighted by Gasteiger charge is -2.41. The predicted octanol–water partition coefficient (Wildman–Crippen LogP) is 7.40. The van der Waals surface area contributed by atoms with Crippen molar-refractivity contribution in [2.24, 2.45) is 5.92 Å². The molecule has 4 aromatic carbocycles. The maximum atomic E-state index is 12.9. The lowest BCUT2D eigenvalue weighted by atomic mass is 9.91. The number of benzene rings is 4. The van der Waals surface area contributed by atoms with Crippen molar-refractivity contribution in [3.63, 3.8) is 0 Å². The van der Waals surface area contributed by atoms with Crippen LogP contribution in [-0.2, 0) is 22.6 Å². The number of carbonyl (C=O) groups is 2. The molecule has 10 nitrogen and oxygen atoms in total. The number of carbonyl (C=O) groups excluding carboxylic acids is 1. The van der Waals surface area contributed by atoms with E-state index in [0.717, 1.165) is 38.9 Å². The summed E-state index contributed by atoms with van der Waals surface area (Å²) in [7, 11) is 0. The fraction of sp³-hybridized carbons (Fsp3) is 0.195. The highest BCUT2D eigenvalue weighted by Gasteiger charge is 2.38. The second kappa shape index (κ2) is 15.8. The molecular weight excluding hydrogens is 677 g/mol. The summed E-state index contributed by atoms with van der Waals surface area (Å²) >= 11 is 1.35. The number of rotatable bonds is 11. The number of aliphatic hydroxyl groups is 1. The van der Waals surface area contributed by atoms with E-state index in [1.165, 1.54) is 18.0 Å². The lowest BCUT2D eigenvalue weighted by Crippen LogP contribution is -2.38. The summed E-state index contributed by atoms with van der Waals surface area (Å²) < 4.78 is 13.2. The van der Waals surface area contributed by atoms with Crippen molar-refractivity contribution < 1.29 is 29.3 Å². The number of thioether (sulfide) groups is 1. The van der Waals surface area contributed by atoms with Crippen LogP contribution in [0.3, 0.4) is 0 Å². The van der Waals surface area contributed by atoms with Gasteiger partial charge in [0.25, 0.3) is 5.91 Å². The van der Waals surface area contributed by atoms with Crippen molar-refractivity contribution in [1.82, 2.24) is 20.3 Å². The van der Waals surface area contributed by atoms with Crippen LogP contribution in [0.1, 0.15) is 62.4 Å².